The zero-order chi connectivity index (χ0) is 12.5. The Morgan fingerprint density at radius 2 is 1.29 bits per heavy atom. The molecule has 2 atom stereocenters. The van der Waals surface area contributed by atoms with Gasteiger partial charge in [0.05, 0.1) is 0 Å². The number of aryl methyl sites for hydroxylation is 3. The lowest BCUT2D eigenvalue weighted by atomic mass is 10.1. The molecule has 2 unspecified atom stereocenters. The lowest BCUT2D eigenvalue weighted by Crippen LogP contribution is -3.00. The van der Waals surface area contributed by atoms with Crippen molar-refractivity contribution in [3.63, 3.8) is 0 Å². The van der Waals surface area contributed by atoms with Gasteiger partial charge < -0.3 is 18.1 Å². The van der Waals surface area contributed by atoms with Crippen molar-refractivity contribution in [1.29, 1.82) is 0 Å². The summed E-state index contributed by atoms with van der Waals surface area (Å²) in [6, 6.07) is 4.20. The average Bonchev–Trinajstić information content (AvgIpc) is 2.72. The van der Waals surface area contributed by atoms with Crippen LogP contribution >= 0.6 is 0 Å². The third-order valence-corrected chi connectivity index (χ3v) is 3.28. The number of nitrogens with two attached hydrogens (primary N) is 1. The van der Waals surface area contributed by atoms with E-state index in [1.54, 1.807) is 0 Å². The number of nitrogen functional groups attached to an aromatic ring is 1. The van der Waals surface area contributed by atoms with Crippen molar-refractivity contribution in [3.05, 3.63) is 28.8 Å². The molecular weight excluding hydrogens is 234 g/mol. The molecule has 3 heteroatoms. The minimum Gasteiger partial charge on any atom is -1.00 e. The van der Waals surface area contributed by atoms with Crippen molar-refractivity contribution < 1.29 is 17.2 Å². The molecule has 0 aliphatic heterocycles. The summed E-state index contributed by atoms with van der Waals surface area (Å²) in [5.41, 5.74) is 10.3. The molecule has 2 nitrogen and oxygen atoms in total. The molecule has 17 heavy (non-hydrogen) atoms. The minimum absolute atomic E-state index is 0. The van der Waals surface area contributed by atoms with E-state index in [4.69, 9.17) is 5.73 Å². The van der Waals surface area contributed by atoms with Crippen molar-refractivity contribution in [1.82, 2.24) is 0 Å². The van der Waals surface area contributed by atoms with Gasteiger partial charge in [-0.2, -0.15) is 0 Å². The molecule has 96 valence electrons. The Hall–Kier alpha value is -1.02. The summed E-state index contributed by atoms with van der Waals surface area (Å²) >= 11 is 0. The molecule has 0 amide bonds. The predicted molar refractivity (Wildman–Crippen MR) is 68.4 cm³/mol. The summed E-state index contributed by atoms with van der Waals surface area (Å²) < 4.78 is 0. The van der Waals surface area contributed by atoms with E-state index in [-0.39, 0.29) is 12.4 Å². The number of carbonyl (C=O) groups is 1. The molecule has 0 heterocycles. The smallest absolute Gasteiger partial charge is 0.139 e. The first-order chi connectivity index (χ1) is 7.34. The van der Waals surface area contributed by atoms with Gasteiger partial charge in [0.15, 0.2) is 0 Å². The third-order valence-electron chi connectivity index (χ3n) is 3.28. The van der Waals surface area contributed by atoms with Crippen molar-refractivity contribution in [2.75, 3.05) is 5.73 Å². The quantitative estimate of drug-likeness (QED) is 0.665. The second-order valence-electron chi connectivity index (χ2n) is 4.79. The van der Waals surface area contributed by atoms with Crippen LogP contribution in [-0.2, 0) is 4.79 Å². The lowest BCUT2D eigenvalue weighted by molar-refractivity contribution is -0.111. The summed E-state index contributed by atoms with van der Waals surface area (Å²) in [7, 11) is 0. The van der Waals surface area contributed by atoms with Crippen LogP contribution in [-0.4, -0.2) is 5.78 Å². The molecule has 0 radical (unpaired) electrons. The van der Waals surface area contributed by atoms with Gasteiger partial charge in [0.2, 0.25) is 0 Å². The molecule has 0 bridgehead atoms. The van der Waals surface area contributed by atoms with Crippen LogP contribution in [0.4, 0.5) is 5.69 Å². The number of ketones is 1. The van der Waals surface area contributed by atoms with E-state index < -0.39 is 0 Å². The maximum Gasteiger partial charge on any atom is 0.139 e. The number of hydrogen-bond acceptors (Lipinski definition) is 2. The van der Waals surface area contributed by atoms with E-state index >= 15 is 0 Å². The maximum atomic E-state index is 10.2. The molecule has 1 aromatic carbocycles. The summed E-state index contributed by atoms with van der Waals surface area (Å²) in [4.78, 5) is 10.2. The van der Waals surface area contributed by atoms with Crippen LogP contribution in [0.2, 0.25) is 0 Å². The first-order valence-corrected chi connectivity index (χ1v) is 5.71. The van der Waals surface area contributed by atoms with Crippen LogP contribution in [0.3, 0.4) is 0 Å². The first kappa shape index (κ1) is 16.0. The summed E-state index contributed by atoms with van der Waals surface area (Å²) in [6.45, 7) is 10.1. The predicted octanol–water partition coefficient (Wildman–Crippen LogP) is 0.0394. The number of halogens is 1. The van der Waals surface area contributed by atoms with Crippen LogP contribution in [0.1, 0.15) is 30.5 Å². The fraction of sp³-hybridized carbons (Fsp3) is 0.500. The van der Waals surface area contributed by atoms with Crippen LogP contribution < -0.4 is 18.1 Å². The third kappa shape index (κ3) is 4.04. The van der Waals surface area contributed by atoms with Crippen molar-refractivity contribution in [3.8, 4) is 0 Å². The lowest BCUT2D eigenvalue weighted by Gasteiger charge is -2.04. The van der Waals surface area contributed by atoms with Gasteiger partial charge in [0.25, 0.3) is 0 Å². The number of rotatable bonds is 0. The second-order valence-corrected chi connectivity index (χ2v) is 4.79. The zero-order valence-corrected chi connectivity index (χ0v) is 11.9. The van der Waals surface area contributed by atoms with Crippen molar-refractivity contribution >= 4 is 11.5 Å². The molecule has 1 aliphatic carbocycles. The number of hydrogen-bond donors (Lipinski definition) is 1. The van der Waals surface area contributed by atoms with Gasteiger partial charge in [-0.05, 0) is 31.9 Å². The average molecular weight is 255 g/mol. The highest BCUT2D eigenvalue weighted by atomic mass is 35.5. The molecule has 1 fully saturated rings. The molecule has 1 aliphatic rings. The fourth-order valence-electron chi connectivity index (χ4n) is 1.72. The summed E-state index contributed by atoms with van der Waals surface area (Å²) in [5.74, 6) is 1.19. The van der Waals surface area contributed by atoms with Gasteiger partial charge in [-0.1, -0.05) is 31.5 Å². The van der Waals surface area contributed by atoms with E-state index in [1.807, 2.05) is 27.7 Å². The van der Waals surface area contributed by atoms with Crippen LogP contribution in [0.5, 0.6) is 0 Å². The Kier molecular flexibility index (Phi) is 5.70. The Morgan fingerprint density at radius 3 is 1.53 bits per heavy atom. The van der Waals surface area contributed by atoms with Gasteiger partial charge in [-0.15, -0.1) is 0 Å². The second kappa shape index (κ2) is 6.06. The van der Waals surface area contributed by atoms with E-state index in [9.17, 15) is 4.79 Å². The fourth-order valence-corrected chi connectivity index (χ4v) is 1.72. The van der Waals surface area contributed by atoms with Crippen molar-refractivity contribution in [2.45, 2.75) is 34.6 Å². The molecule has 0 aromatic heterocycles. The molecule has 2 rings (SSSR count). The molecule has 0 saturated heterocycles. The standard InChI is InChI=1S/C9H13N.C5H8O.ClH/c1-6-4-7(2)9(10)8(3)5-6;1-3-4(2)5(3)6;/h4-5H,10H2,1-3H3;3-4H,1-2H3;1H/p-1. The summed E-state index contributed by atoms with van der Waals surface area (Å²) in [5, 5.41) is 0. The molecule has 1 saturated carbocycles. The zero-order valence-electron chi connectivity index (χ0n) is 11.2. The first-order valence-electron chi connectivity index (χ1n) is 5.71. The van der Waals surface area contributed by atoms with Crippen molar-refractivity contribution in [2.24, 2.45) is 11.8 Å². The highest BCUT2D eigenvalue weighted by Crippen LogP contribution is 2.31. The van der Waals surface area contributed by atoms with Gasteiger partial charge in [0, 0.05) is 17.5 Å². The van der Waals surface area contributed by atoms with E-state index in [0.717, 1.165) is 5.69 Å². The molecular formula is C14H21ClNO-. The van der Waals surface area contributed by atoms with Gasteiger partial charge >= 0.3 is 0 Å². The highest BCUT2D eigenvalue weighted by Gasteiger charge is 2.40. The van der Waals surface area contributed by atoms with Crippen LogP contribution in [0, 0.1) is 32.6 Å². The molecule has 2 N–H and O–H groups in total. The Labute approximate surface area is 110 Å². The normalized spacial score (nSPS) is 21.1. The minimum atomic E-state index is 0. The number of benzene rings is 1. The van der Waals surface area contributed by atoms with Gasteiger partial charge in [0.1, 0.15) is 5.78 Å². The van der Waals surface area contributed by atoms with E-state index in [0.29, 0.717) is 17.6 Å². The van der Waals surface area contributed by atoms with Gasteiger partial charge in [-0.3, -0.25) is 4.79 Å². The van der Waals surface area contributed by atoms with E-state index in [2.05, 4.69) is 19.1 Å². The Bertz CT molecular complexity index is 382. The SMILES string of the molecule is CC1C(=O)C1C.Cc1cc(C)c(N)c(C)c1.[Cl-]. The Balaban J connectivity index is 0.000000316. The number of Topliss-reactive ketones (excluding diaryl/α,β-unsaturated/α-hetero) is 1. The maximum absolute atomic E-state index is 10.2. The van der Waals surface area contributed by atoms with Crippen LogP contribution in [0.15, 0.2) is 12.1 Å². The molecule has 1 aromatic rings. The van der Waals surface area contributed by atoms with Gasteiger partial charge in [-0.25, -0.2) is 0 Å². The topological polar surface area (TPSA) is 43.1 Å². The Morgan fingerprint density at radius 1 is 1.00 bits per heavy atom. The monoisotopic (exact) mass is 254 g/mol. The number of anilines is 1. The molecule has 0 spiro atoms. The number of carbonyl (C=O) groups excluding carboxylic acids is 1. The summed E-state index contributed by atoms with van der Waals surface area (Å²) in [6.07, 6.45) is 0. The largest absolute Gasteiger partial charge is 1.00 e. The van der Waals surface area contributed by atoms with E-state index in [1.165, 1.54) is 16.7 Å². The van der Waals surface area contributed by atoms with Crippen LogP contribution in [0.25, 0.3) is 0 Å². The highest BCUT2D eigenvalue weighted by molar-refractivity contribution is 5.98.